The summed E-state index contributed by atoms with van der Waals surface area (Å²) in [6.45, 7) is 7.01. The third-order valence-corrected chi connectivity index (χ3v) is 3.59. The third kappa shape index (κ3) is 2.01. The zero-order valence-corrected chi connectivity index (χ0v) is 9.01. The highest BCUT2D eigenvalue weighted by Crippen LogP contribution is 2.31. The van der Waals surface area contributed by atoms with Crippen molar-refractivity contribution in [1.29, 1.82) is 0 Å². The highest BCUT2D eigenvalue weighted by atomic mass is 15.2. The molecule has 1 rings (SSSR count). The number of hydrogen-bond acceptors (Lipinski definition) is 1. The highest BCUT2D eigenvalue weighted by Gasteiger charge is 2.32. The maximum Gasteiger partial charge on any atom is 0.00955 e. The minimum absolute atomic E-state index is 0.807. The van der Waals surface area contributed by atoms with E-state index in [1.807, 2.05) is 0 Å². The maximum absolute atomic E-state index is 2.53. The summed E-state index contributed by atoms with van der Waals surface area (Å²) in [6, 6.07) is 1.62. The molecule has 12 heavy (non-hydrogen) atoms. The van der Waals surface area contributed by atoms with Crippen LogP contribution < -0.4 is 0 Å². The van der Waals surface area contributed by atoms with Crippen molar-refractivity contribution in [1.82, 2.24) is 4.90 Å². The van der Waals surface area contributed by atoms with Crippen LogP contribution in [-0.2, 0) is 0 Å². The Hall–Kier alpha value is -0.0400. The first-order valence-electron chi connectivity index (χ1n) is 5.38. The Bertz CT molecular complexity index is 133. The standard InChI is InChI=1S/C11H23N/c1-5-6-7-11-8-9(2)12(4)10(11)3/h9-11H,5-8H2,1-4H3. The average molecular weight is 169 g/mol. The Labute approximate surface area is 77.1 Å². The second kappa shape index (κ2) is 4.27. The van der Waals surface area contributed by atoms with E-state index in [1.54, 1.807) is 0 Å². The molecule has 1 heterocycles. The minimum atomic E-state index is 0.807. The SMILES string of the molecule is CCCCC1CC(C)N(C)C1C. The van der Waals surface area contributed by atoms with Crippen LogP contribution in [0, 0.1) is 5.92 Å². The zero-order valence-electron chi connectivity index (χ0n) is 9.01. The fraction of sp³-hybridized carbons (Fsp3) is 1.00. The van der Waals surface area contributed by atoms with E-state index in [4.69, 9.17) is 0 Å². The van der Waals surface area contributed by atoms with E-state index < -0.39 is 0 Å². The largest absolute Gasteiger partial charge is 0.301 e. The van der Waals surface area contributed by atoms with Crippen LogP contribution in [0.25, 0.3) is 0 Å². The molecule has 0 bridgehead atoms. The van der Waals surface area contributed by atoms with E-state index in [9.17, 15) is 0 Å². The van der Waals surface area contributed by atoms with Gasteiger partial charge in [-0.1, -0.05) is 19.8 Å². The molecule has 3 unspecified atom stereocenters. The summed E-state index contributed by atoms with van der Waals surface area (Å²) in [5.41, 5.74) is 0. The number of hydrogen-bond donors (Lipinski definition) is 0. The Balaban J connectivity index is 2.36. The van der Waals surface area contributed by atoms with Gasteiger partial charge in [-0.15, -0.1) is 0 Å². The van der Waals surface area contributed by atoms with E-state index in [0.717, 1.165) is 18.0 Å². The van der Waals surface area contributed by atoms with Crippen LogP contribution >= 0.6 is 0 Å². The predicted molar refractivity (Wildman–Crippen MR) is 54.3 cm³/mol. The second-order valence-electron chi connectivity index (χ2n) is 4.39. The van der Waals surface area contributed by atoms with Gasteiger partial charge in [0.15, 0.2) is 0 Å². The van der Waals surface area contributed by atoms with Gasteiger partial charge in [-0.3, -0.25) is 0 Å². The van der Waals surface area contributed by atoms with Crippen LogP contribution in [0.3, 0.4) is 0 Å². The summed E-state index contributed by atoms with van der Waals surface area (Å²) in [4.78, 5) is 2.53. The molecular weight excluding hydrogens is 146 g/mol. The van der Waals surface area contributed by atoms with E-state index in [2.05, 4.69) is 32.7 Å². The van der Waals surface area contributed by atoms with Crippen LogP contribution in [0.2, 0.25) is 0 Å². The molecular formula is C11H23N. The molecule has 72 valence electrons. The molecule has 1 aliphatic heterocycles. The van der Waals surface area contributed by atoms with Crippen molar-refractivity contribution in [2.75, 3.05) is 7.05 Å². The molecule has 1 heteroatoms. The van der Waals surface area contributed by atoms with Gasteiger partial charge in [-0.2, -0.15) is 0 Å². The Kier molecular flexibility index (Phi) is 3.57. The van der Waals surface area contributed by atoms with Gasteiger partial charge in [0.2, 0.25) is 0 Å². The lowest BCUT2D eigenvalue weighted by Crippen LogP contribution is -2.29. The summed E-state index contributed by atoms with van der Waals surface area (Å²) >= 11 is 0. The molecule has 1 aliphatic rings. The second-order valence-corrected chi connectivity index (χ2v) is 4.39. The first-order chi connectivity index (χ1) is 5.66. The number of rotatable bonds is 3. The van der Waals surface area contributed by atoms with Gasteiger partial charge in [0.1, 0.15) is 0 Å². The quantitative estimate of drug-likeness (QED) is 0.628. The van der Waals surface area contributed by atoms with Crippen LogP contribution in [0.5, 0.6) is 0 Å². The van der Waals surface area contributed by atoms with Crippen molar-refractivity contribution in [3.8, 4) is 0 Å². The average Bonchev–Trinajstić information content (AvgIpc) is 2.30. The smallest absolute Gasteiger partial charge is 0.00955 e. The molecule has 1 saturated heterocycles. The lowest BCUT2D eigenvalue weighted by atomic mass is 9.94. The van der Waals surface area contributed by atoms with Crippen molar-refractivity contribution < 1.29 is 0 Å². The van der Waals surface area contributed by atoms with E-state index in [1.165, 1.54) is 25.7 Å². The first-order valence-corrected chi connectivity index (χ1v) is 5.38. The molecule has 0 aromatic carbocycles. The fourth-order valence-corrected chi connectivity index (χ4v) is 2.36. The van der Waals surface area contributed by atoms with Crippen molar-refractivity contribution in [2.45, 2.75) is 58.5 Å². The van der Waals surface area contributed by atoms with E-state index >= 15 is 0 Å². The molecule has 0 spiro atoms. The number of nitrogens with zero attached hydrogens (tertiary/aromatic N) is 1. The summed E-state index contributed by atoms with van der Waals surface area (Å²) in [5.74, 6) is 0.963. The van der Waals surface area contributed by atoms with Gasteiger partial charge >= 0.3 is 0 Å². The van der Waals surface area contributed by atoms with E-state index in [0.29, 0.717) is 0 Å². The third-order valence-electron chi connectivity index (χ3n) is 3.59. The van der Waals surface area contributed by atoms with Crippen LogP contribution in [-0.4, -0.2) is 24.0 Å². The van der Waals surface area contributed by atoms with Gasteiger partial charge in [0.05, 0.1) is 0 Å². The van der Waals surface area contributed by atoms with Crippen molar-refractivity contribution >= 4 is 0 Å². The molecule has 0 amide bonds. The summed E-state index contributed by atoms with van der Waals surface area (Å²) in [5, 5.41) is 0. The van der Waals surface area contributed by atoms with Gasteiger partial charge in [0.25, 0.3) is 0 Å². The van der Waals surface area contributed by atoms with Crippen LogP contribution in [0.1, 0.15) is 46.5 Å². The molecule has 0 N–H and O–H groups in total. The molecule has 0 radical (unpaired) electrons. The highest BCUT2D eigenvalue weighted by molar-refractivity contribution is 4.86. The molecule has 0 saturated carbocycles. The lowest BCUT2D eigenvalue weighted by molar-refractivity contribution is 0.244. The van der Waals surface area contributed by atoms with Gasteiger partial charge < -0.3 is 4.90 Å². The maximum atomic E-state index is 2.53. The molecule has 1 nitrogen and oxygen atoms in total. The van der Waals surface area contributed by atoms with Crippen molar-refractivity contribution in [3.05, 3.63) is 0 Å². The molecule has 0 aromatic heterocycles. The summed E-state index contributed by atoms with van der Waals surface area (Å²) in [6.07, 6.45) is 5.61. The Morgan fingerprint density at radius 1 is 1.33 bits per heavy atom. The van der Waals surface area contributed by atoms with Crippen LogP contribution in [0.4, 0.5) is 0 Å². The molecule has 0 aromatic rings. The van der Waals surface area contributed by atoms with Gasteiger partial charge in [-0.25, -0.2) is 0 Å². The number of likely N-dealkylation sites (tertiary alicyclic amines) is 1. The summed E-state index contributed by atoms with van der Waals surface area (Å²) < 4.78 is 0. The van der Waals surface area contributed by atoms with Crippen molar-refractivity contribution in [2.24, 2.45) is 5.92 Å². The lowest BCUT2D eigenvalue weighted by Gasteiger charge is -2.22. The Morgan fingerprint density at radius 3 is 2.42 bits per heavy atom. The zero-order chi connectivity index (χ0) is 9.14. The van der Waals surface area contributed by atoms with Gasteiger partial charge in [0, 0.05) is 12.1 Å². The molecule has 1 fully saturated rings. The molecule has 0 aliphatic carbocycles. The van der Waals surface area contributed by atoms with Crippen molar-refractivity contribution in [3.63, 3.8) is 0 Å². The minimum Gasteiger partial charge on any atom is -0.301 e. The molecule has 3 atom stereocenters. The monoisotopic (exact) mass is 169 g/mol. The summed E-state index contributed by atoms with van der Waals surface area (Å²) in [7, 11) is 2.27. The number of unbranched alkanes of at least 4 members (excludes halogenated alkanes) is 1. The fourth-order valence-electron chi connectivity index (χ4n) is 2.36. The van der Waals surface area contributed by atoms with Crippen LogP contribution in [0.15, 0.2) is 0 Å². The van der Waals surface area contributed by atoms with E-state index in [-0.39, 0.29) is 0 Å². The topological polar surface area (TPSA) is 3.24 Å². The predicted octanol–water partition coefficient (Wildman–Crippen LogP) is 2.91. The normalized spacial score (nSPS) is 37.5. The van der Waals surface area contributed by atoms with Gasteiger partial charge in [-0.05, 0) is 39.7 Å². The first kappa shape index (κ1) is 10.0. The Morgan fingerprint density at radius 2 is 2.00 bits per heavy atom.